The van der Waals surface area contributed by atoms with Crippen molar-refractivity contribution in [1.82, 2.24) is 4.98 Å². The Balaban J connectivity index is 1.82. The van der Waals surface area contributed by atoms with E-state index in [0.29, 0.717) is 10.8 Å². The quantitative estimate of drug-likeness (QED) is 0.769. The number of benzene rings is 2. The van der Waals surface area contributed by atoms with Crippen molar-refractivity contribution in [2.24, 2.45) is 0 Å². The maximum Gasteiger partial charge on any atom is 0.261 e. The van der Waals surface area contributed by atoms with Crippen molar-refractivity contribution >= 4 is 32.2 Å². The Bertz CT molecular complexity index is 873. The van der Waals surface area contributed by atoms with Crippen LogP contribution in [0.1, 0.15) is 0 Å². The van der Waals surface area contributed by atoms with Crippen molar-refractivity contribution < 1.29 is 8.42 Å². The number of hydrogen-bond acceptors (Lipinski definition) is 5. The normalized spacial score (nSPS) is 11.3. The summed E-state index contributed by atoms with van der Waals surface area (Å²) in [5.74, 6) is 0. The van der Waals surface area contributed by atoms with Gasteiger partial charge in [0, 0.05) is 16.6 Å². The Morgan fingerprint density at radius 2 is 1.68 bits per heavy atom. The number of rotatable bonds is 4. The molecule has 22 heavy (non-hydrogen) atoms. The minimum Gasteiger partial charge on any atom is -0.375 e. The first kappa shape index (κ1) is 14.6. The number of sulfonamides is 1. The van der Waals surface area contributed by atoms with E-state index in [1.807, 2.05) is 5.38 Å². The van der Waals surface area contributed by atoms with Crippen LogP contribution in [0.25, 0.3) is 11.3 Å². The van der Waals surface area contributed by atoms with E-state index in [9.17, 15) is 8.42 Å². The van der Waals surface area contributed by atoms with Gasteiger partial charge in [-0.25, -0.2) is 13.4 Å². The fourth-order valence-electron chi connectivity index (χ4n) is 1.94. The van der Waals surface area contributed by atoms with Gasteiger partial charge in [-0.1, -0.05) is 30.3 Å². The van der Waals surface area contributed by atoms with Gasteiger partial charge in [-0.15, -0.1) is 11.3 Å². The SMILES string of the molecule is Nc1nc(-c2ccc(NS(=O)(=O)c3ccccc3)cc2)cs1. The molecule has 0 radical (unpaired) electrons. The first-order chi connectivity index (χ1) is 10.5. The topological polar surface area (TPSA) is 85.1 Å². The predicted molar refractivity (Wildman–Crippen MR) is 89.2 cm³/mol. The smallest absolute Gasteiger partial charge is 0.261 e. The number of nitrogen functional groups attached to an aromatic ring is 1. The highest BCUT2D eigenvalue weighted by Crippen LogP contribution is 2.25. The van der Waals surface area contributed by atoms with E-state index in [1.165, 1.54) is 11.3 Å². The second-order valence-corrected chi connectivity index (χ2v) is 7.14. The number of aromatic nitrogens is 1. The number of nitrogens with one attached hydrogen (secondary N) is 1. The molecule has 0 saturated carbocycles. The Hall–Kier alpha value is -2.38. The van der Waals surface area contributed by atoms with Crippen molar-refractivity contribution in [2.75, 3.05) is 10.5 Å². The Morgan fingerprint density at radius 3 is 2.27 bits per heavy atom. The molecule has 3 N–H and O–H groups in total. The van der Waals surface area contributed by atoms with Crippen molar-refractivity contribution in [1.29, 1.82) is 0 Å². The zero-order valence-electron chi connectivity index (χ0n) is 11.4. The lowest BCUT2D eigenvalue weighted by Gasteiger charge is -2.08. The summed E-state index contributed by atoms with van der Waals surface area (Å²) in [5.41, 5.74) is 7.77. The predicted octanol–water partition coefficient (Wildman–Crippen LogP) is 3.19. The van der Waals surface area contributed by atoms with E-state index < -0.39 is 10.0 Å². The van der Waals surface area contributed by atoms with E-state index >= 15 is 0 Å². The minimum absolute atomic E-state index is 0.228. The molecule has 0 unspecified atom stereocenters. The molecule has 0 spiro atoms. The van der Waals surface area contributed by atoms with Crippen LogP contribution in [0.4, 0.5) is 10.8 Å². The standard InChI is InChI=1S/C15H13N3O2S2/c16-15-17-14(10-21-15)11-6-8-12(9-7-11)18-22(19,20)13-4-2-1-3-5-13/h1-10,18H,(H2,16,17). The second kappa shape index (κ2) is 5.78. The summed E-state index contributed by atoms with van der Waals surface area (Å²) < 4.78 is 27.0. The fraction of sp³-hybridized carbons (Fsp3) is 0. The zero-order chi connectivity index (χ0) is 15.6. The Morgan fingerprint density at radius 1 is 1.00 bits per heavy atom. The number of nitrogens with two attached hydrogens (primary N) is 1. The summed E-state index contributed by atoms with van der Waals surface area (Å²) in [6.07, 6.45) is 0. The molecule has 3 rings (SSSR count). The monoisotopic (exact) mass is 331 g/mol. The molecule has 0 saturated heterocycles. The molecule has 0 atom stereocenters. The molecule has 0 aliphatic heterocycles. The van der Waals surface area contributed by atoms with E-state index in [-0.39, 0.29) is 4.90 Å². The van der Waals surface area contributed by atoms with Crippen LogP contribution in [0.2, 0.25) is 0 Å². The van der Waals surface area contributed by atoms with Gasteiger partial charge in [-0.3, -0.25) is 4.72 Å². The highest BCUT2D eigenvalue weighted by Gasteiger charge is 2.13. The number of anilines is 2. The molecule has 0 bridgehead atoms. The molecule has 0 aliphatic carbocycles. The van der Waals surface area contributed by atoms with Gasteiger partial charge >= 0.3 is 0 Å². The lowest BCUT2D eigenvalue weighted by Crippen LogP contribution is -2.12. The summed E-state index contributed by atoms with van der Waals surface area (Å²) in [5, 5.41) is 2.36. The van der Waals surface area contributed by atoms with Gasteiger partial charge in [-0.05, 0) is 24.3 Å². The Labute approximate surface area is 132 Å². The van der Waals surface area contributed by atoms with Crippen molar-refractivity contribution in [3.63, 3.8) is 0 Å². The maximum atomic E-state index is 12.2. The highest BCUT2D eigenvalue weighted by atomic mass is 32.2. The number of hydrogen-bond donors (Lipinski definition) is 2. The van der Waals surface area contributed by atoms with Crippen LogP contribution in [0.15, 0.2) is 64.9 Å². The van der Waals surface area contributed by atoms with Gasteiger partial charge in [0.25, 0.3) is 10.0 Å². The van der Waals surface area contributed by atoms with E-state index in [0.717, 1.165) is 11.3 Å². The van der Waals surface area contributed by atoms with Crippen molar-refractivity contribution in [2.45, 2.75) is 4.90 Å². The molecule has 1 heterocycles. The number of nitrogens with zero attached hydrogens (tertiary/aromatic N) is 1. The molecule has 112 valence electrons. The average molecular weight is 331 g/mol. The van der Waals surface area contributed by atoms with Crippen LogP contribution in [-0.2, 0) is 10.0 Å². The third-order valence-corrected chi connectivity index (χ3v) is 5.08. The summed E-state index contributed by atoms with van der Waals surface area (Å²) in [4.78, 5) is 4.42. The molecule has 1 aromatic heterocycles. The van der Waals surface area contributed by atoms with Gasteiger partial charge in [0.15, 0.2) is 5.13 Å². The lowest BCUT2D eigenvalue weighted by molar-refractivity contribution is 0.601. The molecule has 0 aliphatic rings. The van der Waals surface area contributed by atoms with Crippen LogP contribution in [-0.4, -0.2) is 13.4 Å². The molecule has 3 aromatic rings. The van der Waals surface area contributed by atoms with E-state index in [4.69, 9.17) is 5.73 Å². The Kier molecular flexibility index (Phi) is 3.82. The van der Waals surface area contributed by atoms with Crippen LogP contribution in [0.3, 0.4) is 0 Å². The van der Waals surface area contributed by atoms with E-state index in [1.54, 1.807) is 54.6 Å². The minimum atomic E-state index is -3.57. The maximum absolute atomic E-state index is 12.2. The van der Waals surface area contributed by atoms with Crippen LogP contribution >= 0.6 is 11.3 Å². The molecular weight excluding hydrogens is 318 g/mol. The molecule has 0 amide bonds. The van der Waals surface area contributed by atoms with Crippen LogP contribution in [0.5, 0.6) is 0 Å². The zero-order valence-corrected chi connectivity index (χ0v) is 13.1. The molecular formula is C15H13N3O2S2. The second-order valence-electron chi connectivity index (χ2n) is 4.57. The molecule has 7 heteroatoms. The number of thiazole rings is 1. The van der Waals surface area contributed by atoms with E-state index in [2.05, 4.69) is 9.71 Å². The summed E-state index contributed by atoms with van der Waals surface area (Å²) in [6, 6.07) is 15.2. The first-order valence-electron chi connectivity index (χ1n) is 6.44. The van der Waals surface area contributed by atoms with Crippen LogP contribution in [0, 0.1) is 0 Å². The molecule has 5 nitrogen and oxygen atoms in total. The largest absolute Gasteiger partial charge is 0.375 e. The van der Waals surface area contributed by atoms with Gasteiger partial charge in [-0.2, -0.15) is 0 Å². The highest BCUT2D eigenvalue weighted by molar-refractivity contribution is 7.92. The first-order valence-corrected chi connectivity index (χ1v) is 8.80. The molecule has 2 aromatic carbocycles. The van der Waals surface area contributed by atoms with Crippen molar-refractivity contribution in [3.8, 4) is 11.3 Å². The van der Waals surface area contributed by atoms with Gasteiger partial charge in [0.2, 0.25) is 0 Å². The fourth-order valence-corrected chi connectivity index (χ4v) is 3.59. The summed E-state index contributed by atoms with van der Waals surface area (Å²) in [6.45, 7) is 0. The van der Waals surface area contributed by atoms with Gasteiger partial charge < -0.3 is 5.73 Å². The van der Waals surface area contributed by atoms with Crippen molar-refractivity contribution in [3.05, 3.63) is 60.0 Å². The lowest BCUT2D eigenvalue weighted by atomic mass is 10.1. The summed E-state index contributed by atoms with van der Waals surface area (Å²) >= 11 is 1.37. The van der Waals surface area contributed by atoms with Gasteiger partial charge in [0.05, 0.1) is 10.6 Å². The third kappa shape index (κ3) is 3.10. The van der Waals surface area contributed by atoms with Crippen LogP contribution < -0.4 is 10.5 Å². The van der Waals surface area contributed by atoms with Gasteiger partial charge in [0.1, 0.15) is 0 Å². The third-order valence-electron chi connectivity index (χ3n) is 3.01. The molecule has 0 fully saturated rings. The average Bonchev–Trinajstić information content (AvgIpc) is 2.95. The summed E-state index contributed by atoms with van der Waals surface area (Å²) in [7, 11) is -3.57.